The molecule has 1 aliphatic heterocycles. The number of nitrogens with zero attached hydrogens (tertiary/aromatic N) is 1. The summed E-state index contributed by atoms with van der Waals surface area (Å²) < 4.78 is 10.8. The van der Waals surface area contributed by atoms with Crippen LogP contribution in [0.5, 0.6) is 5.75 Å². The van der Waals surface area contributed by atoms with E-state index in [-0.39, 0.29) is 18.1 Å². The molecule has 0 radical (unpaired) electrons. The predicted octanol–water partition coefficient (Wildman–Crippen LogP) is 3.21. The normalized spacial score (nSPS) is 18.7. The van der Waals surface area contributed by atoms with Crippen LogP contribution in [0, 0.1) is 5.92 Å². The highest BCUT2D eigenvalue weighted by Gasteiger charge is 2.27. The summed E-state index contributed by atoms with van der Waals surface area (Å²) in [6, 6.07) is 7.91. The number of carbonyl (C=O) groups excluding carboxylic acids is 1. The first-order valence-electron chi connectivity index (χ1n) is 8.27. The molecular formula is C18H28N2O3. The molecule has 1 N–H and O–H groups in total. The summed E-state index contributed by atoms with van der Waals surface area (Å²) in [6.45, 7) is 5.66. The van der Waals surface area contributed by atoms with Crippen molar-refractivity contribution in [2.75, 3.05) is 27.4 Å². The van der Waals surface area contributed by atoms with Gasteiger partial charge in [-0.05, 0) is 24.8 Å². The Bertz CT molecular complexity index is 513. The lowest BCUT2D eigenvalue weighted by Crippen LogP contribution is -2.45. The van der Waals surface area contributed by atoms with Crippen LogP contribution in [0.3, 0.4) is 0 Å². The first-order valence-corrected chi connectivity index (χ1v) is 8.27. The topological polar surface area (TPSA) is 50.8 Å². The Morgan fingerprint density at radius 1 is 1.43 bits per heavy atom. The maximum atomic E-state index is 12.6. The number of carbonyl (C=O) groups is 1. The van der Waals surface area contributed by atoms with E-state index in [0.717, 1.165) is 30.8 Å². The molecule has 1 heterocycles. The third-order valence-electron chi connectivity index (χ3n) is 4.29. The zero-order valence-electron chi connectivity index (χ0n) is 14.5. The second-order valence-electron chi connectivity index (χ2n) is 6.50. The van der Waals surface area contributed by atoms with Crippen molar-refractivity contribution in [2.24, 2.45) is 5.92 Å². The van der Waals surface area contributed by atoms with E-state index in [9.17, 15) is 4.79 Å². The maximum absolute atomic E-state index is 12.6. The molecule has 0 unspecified atom stereocenters. The molecule has 0 spiro atoms. The van der Waals surface area contributed by atoms with Gasteiger partial charge >= 0.3 is 6.03 Å². The Morgan fingerprint density at radius 3 is 2.78 bits per heavy atom. The summed E-state index contributed by atoms with van der Waals surface area (Å²) in [5.41, 5.74) is 1.02. The number of benzene rings is 1. The molecule has 1 aliphatic rings. The molecule has 5 heteroatoms. The number of urea groups is 1. The smallest absolute Gasteiger partial charge is 0.317 e. The number of ether oxygens (including phenoxy) is 2. The SMILES string of the molecule is COc1ccccc1[C@@H](CC(C)C)NC(=O)N(C)[C@H]1CCOC1. The number of para-hydroxylation sites is 1. The van der Waals surface area contributed by atoms with Gasteiger partial charge < -0.3 is 19.7 Å². The fourth-order valence-electron chi connectivity index (χ4n) is 2.93. The number of methoxy groups -OCH3 is 1. The van der Waals surface area contributed by atoms with E-state index in [1.54, 1.807) is 12.0 Å². The Labute approximate surface area is 139 Å². The van der Waals surface area contributed by atoms with Crippen molar-refractivity contribution in [2.45, 2.75) is 38.8 Å². The Kier molecular flexibility index (Phi) is 6.28. The van der Waals surface area contributed by atoms with Crippen molar-refractivity contribution < 1.29 is 14.3 Å². The van der Waals surface area contributed by atoms with Crippen LogP contribution in [0.2, 0.25) is 0 Å². The van der Waals surface area contributed by atoms with Crippen LogP contribution in [0.4, 0.5) is 4.79 Å². The largest absolute Gasteiger partial charge is 0.496 e. The number of likely N-dealkylation sites (N-methyl/N-ethyl adjacent to an activating group) is 1. The number of nitrogens with one attached hydrogen (secondary N) is 1. The van der Waals surface area contributed by atoms with Gasteiger partial charge in [-0.15, -0.1) is 0 Å². The number of rotatable bonds is 6. The van der Waals surface area contributed by atoms with E-state index in [1.807, 2.05) is 31.3 Å². The monoisotopic (exact) mass is 320 g/mol. The van der Waals surface area contributed by atoms with Gasteiger partial charge in [0, 0.05) is 19.2 Å². The van der Waals surface area contributed by atoms with E-state index < -0.39 is 0 Å². The van der Waals surface area contributed by atoms with E-state index in [4.69, 9.17) is 9.47 Å². The van der Waals surface area contributed by atoms with Crippen LogP contribution in [0.15, 0.2) is 24.3 Å². The minimum Gasteiger partial charge on any atom is -0.496 e. The predicted molar refractivity (Wildman–Crippen MR) is 90.7 cm³/mol. The third kappa shape index (κ3) is 4.61. The molecule has 0 aliphatic carbocycles. The van der Waals surface area contributed by atoms with Crippen molar-refractivity contribution in [1.82, 2.24) is 10.2 Å². The summed E-state index contributed by atoms with van der Waals surface area (Å²) in [4.78, 5) is 14.4. The summed E-state index contributed by atoms with van der Waals surface area (Å²) >= 11 is 0. The molecule has 0 bridgehead atoms. The molecule has 2 rings (SSSR count). The summed E-state index contributed by atoms with van der Waals surface area (Å²) in [6.07, 6.45) is 1.76. The second kappa shape index (κ2) is 8.20. The number of hydrogen-bond donors (Lipinski definition) is 1. The molecule has 5 nitrogen and oxygen atoms in total. The minimum atomic E-state index is -0.0663. The quantitative estimate of drug-likeness (QED) is 0.875. The van der Waals surface area contributed by atoms with Crippen LogP contribution in [0.25, 0.3) is 0 Å². The Balaban J connectivity index is 2.13. The van der Waals surface area contributed by atoms with Gasteiger partial charge in [0.05, 0.1) is 25.8 Å². The van der Waals surface area contributed by atoms with Crippen molar-refractivity contribution in [3.05, 3.63) is 29.8 Å². The van der Waals surface area contributed by atoms with E-state index in [1.165, 1.54) is 0 Å². The van der Waals surface area contributed by atoms with Crippen LogP contribution >= 0.6 is 0 Å². The van der Waals surface area contributed by atoms with Crippen molar-refractivity contribution in [1.29, 1.82) is 0 Å². The number of hydrogen-bond acceptors (Lipinski definition) is 3. The zero-order chi connectivity index (χ0) is 16.8. The average Bonchev–Trinajstić information content (AvgIpc) is 3.07. The molecule has 1 aromatic carbocycles. The van der Waals surface area contributed by atoms with E-state index in [0.29, 0.717) is 12.5 Å². The average molecular weight is 320 g/mol. The van der Waals surface area contributed by atoms with Crippen molar-refractivity contribution in [3.63, 3.8) is 0 Å². The van der Waals surface area contributed by atoms with Crippen molar-refractivity contribution >= 4 is 6.03 Å². The van der Waals surface area contributed by atoms with Gasteiger partial charge in [0.2, 0.25) is 0 Å². The minimum absolute atomic E-state index is 0.0583. The lowest BCUT2D eigenvalue weighted by atomic mass is 9.96. The lowest BCUT2D eigenvalue weighted by Gasteiger charge is -2.28. The molecule has 1 fully saturated rings. The molecule has 23 heavy (non-hydrogen) atoms. The standard InChI is InChI=1S/C18H28N2O3/c1-13(2)11-16(15-7-5-6-8-17(15)22-4)19-18(21)20(3)14-9-10-23-12-14/h5-8,13-14,16H,9-12H2,1-4H3,(H,19,21)/t14-,16+/m0/s1. The molecule has 2 amide bonds. The third-order valence-corrected chi connectivity index (χ3v) is 4.29. The summed E-state index contributed by atoms with van der Waals surface area (Å²) in [5, 5.41) is 3.17. The van der Waals surface area contributed by atoms with Gasteiger partial charge in [0.15, 0.2) is 0 Å². The van der Waals surface area contributed by atoms with E-state index in [2.05, 4.69) is 19.2 Å². The van der Waals surface area contributed by atoms with Gasteiger partial charge in [0.25, 0.3) is 0 Å². The first-order chi connectivity index (χ1) is 11.0. The second-order valence-corrected chi connectivity index (χ2v) is 6.50. The van der Waals surface area contributed by atoms with Crippen LogP contribution in [0.1, 0.15) is 38.3 Å². The molecule has 0 saturated carbocycles. The Morgan fingerprint density at radius 2 is 2.17 bits per heavy atom. The highest BCUT2D eigenvalue weighted by atomic mass is 16.5. The highest BCUT2D eigenvalue weighted by molar-refractivity contribution is 5.75. The summed E-state index contributed by atoms with van der Waals surface area (Å²) in [7, 11) is 3.50. The van der Waals surface area contributed by atoms with Crippen LogP contribution < -0.4 is 10.1 Å². The van der Waals surface area contributed by atoms with Gasteiger partial charge in [-0.25, -0.2) is 4.79 Å². The van der Waals surface area contributed by atoms with Gasteiger partial charge in [-0.1, -0.05) is 32.0 Å². The summed E-state index contributed by atoms with van der Waals surface area (Å²) in [5.74, 6) is 1.27. The molecule has 128 valence electrons. The van der Waals surface area contributed by atoms with Gasteiger partial charge in [-0.3, -0.25) is 0 Å². The molecule has 2 atom stereocenters. The van der Waals surface area contributed by atoms with Gasteiger partial charge in [-0.2, -0.15) is 0 Å². The first kappa shape index (κ1) is 17.6. The van der Waals surface area contributed by atoms with Crippen LogP contribution in [-0.2, 0) is 4.74 Å². The molecule has 1 aromatic rings. The van der Waals surface area contributed by atoms with Crippen molar-refractivity contribution in [3.8, 4) is 5.75 Å². The zero-order valence-corrected chi connectivity index (χ0v) is 14.5. The lowest BCUT2D eigenvalue weighted by molar-refractivity contribution is 0.155. The number of amides is 2. The molecule has 1 saturated heterocycles. The van der Waals surface area contributed by atoms with Gasteiger partial charge in [0.1, 0.15) is 5.75 Å². The van der Waals surface area contributed by atoms with Crippen LogP contribution in [-0.4, -0.2) is 44.3 Å². The maximum Gasteiger partial charge on any atom is 0.317 e. The van der Waals surface area contributed by atoms with E-state index >= 15 is 0 Å². The fraction of sp³-hybridized carbons (Fsp3) is 0.611. The highest BCUT2D eigenvalue weighted by Crippen LogP contribution is 2.29. The molecule has 0 aromatic heterocycles. The fourth-order valence-corrected chi connectivity index (χ4v) is 2.93. The molecular weight excluding hydrogens is 292 g/mol. The Hall–Kier alpha value is -1.75.